The molecule has 0 bridgehead atoms. The molecule has 4 heteroatoms. The Labute approximate surface area is 106 Å². The van der Waals surface area contributed by atoms with Gasteiger partial charge in [0.1, 0.15) is 6.29 Å². The normalized spacial score (nSPS) is 21.2. The Kier molecular flexibility index (Phi) is 4.55. The molecule has 0 spiro atoms. The lowest BCUT2D eigenvalue weighted by molar-refractivity contribution is -0.116. The van der Waals surface area contributed by atoms with E-state index in [0.29, 0.717) is 19.6 Å². The number of rotatable bonds is 4. The number of ether oxygens (including phenoxy) is 1. The Hall–Kier alpha value is -0.193. The van der Waals surface area contributed by atoms with Gasteiger partial charge in [0.05, 0.1) is 5.60 Å². The summed E-state index contributed by atoms with van der Waals surface area (Å²) in [6.07, 6.45) is 3.19. The minimum atomic E-state index is -1.82. The molecule has 0 aliphatic carbocycles. The maximum Gasteiger partial charge on any atom is 0.192 e. The Bertz CT molecular complexity index is 262. The fourth-order valence-corrected chi connectivity index (χ4v) is 3.61. The van der Waals surface area contributed by atoms with E-state index in [4.69, 9.17) is 9.16 Å². The monoisotopic (exact) mass is 258 g/mol. The average molecular weight is 258 g/mol. The van der Waals surface area contributed by atoms with Crippen molar-refractivity contribution in [1.29, 1.82) is 0 Å². The van der Waals surface area contributed by atoms with E-state index < -0.39 is 8.32 Å². The van der Waals surface area contributed by atoms with Crippen LogP contribution in [-0.2, 0) is 14.0 Å². The second-order valence-electron chi connectivity index (χ2n) is 6.53. The first-order valence-electron chi connectivity index (χ1n) is 6.44. The molecule has 17 heavy (non-hydrogen) atoms. The predicted octanol–water partition coefficient (Wildman–Crippen LogP) is 3.15. The molecule has 1 fully saturated rings. The van der Waals surface area contributed by atoms with Crippen LogP contribution in [0.3, 0.4) is 0 Å². The summed E-state index contributed by atoms with van der Waals surface area (Å²) < 4.78 is 11.9. The van der Waals surface area contributed by atoms with Gasteiger partial charge in [-0.05, 0) is 31.0 Å². The van der Waals surface area contributed by atoms with Crippen molar-refractivity contribution < 1.29 is 14.0 Å². The van der Waals surface area contributed by atoms with Gasteiger partial charge in [-0.3, -0.25) is 0 Å². The number of aldehydes is 1. The largest absolute Gasteiger partial charge is 0.411 e. The summed E-state index contributed by atoms with van der Waals surface area (Å²) >= 11 is 0. The van der Waals surface area contributed by atoms with E-state index in [9.17, 15) is 4.79 Å². The van der Waals surface area contributed by atoms with Crippen LogP contribution in [0.1, 0.15) is 40.0 Å². The van der Waals surface area contributed by atoms with Gasteiger partial charge in [-0.2, -0.15) is 0 Å². The fourth-order valence-electron chi connectivity index (χ4n) is 1.94. The van der Waals surface area contributed by atoms with E-state index in [2.05, 4.69) is 33.9 Å². The molecule has 0 aromatic carbocycles. The topological polar surface area (TPSA) is 35.5 Å². The van der Waals surface area contributed by atoms with Gasteiger partial charge in [0.15, 0.2) is 8.32 Å². The standard InChI is InChI=1S/C13H26O3Si/c1-12(2,3)17(4,5)16-13(6-9-14)7-10-15-11-8-13/h9H,6-8,10-11H2,1-5H3. The van der Waals surface area contributed by atoms with Crippen molar-refractivity contribution in [3.8, 4) is 0 Å². The molecular weight excluding hydrogens is 232 g/mol. The lowest BCUT2D eigenvalue weighted by atomic mass is 9.92. The first-order chi connectivity index (χ1) is 7.72. The van der Waals surface area contributed by atoms with Crippen LogP contribution in [0, 0.1) is 0 Å². The second kappa shape index (κ2) is 5.20. The molecule has 0 radical (unpaired) electrons. The minimum Gasteiger partial charge on any atom is -0.411 e. The molecule has 1 rings (SSSR count). The van der Waals surface area contributed by atoms with Gasteiger partial charge in [-0.25, -0.2) is 0 Å². The van der Waals surface area contributed by atoms with Crippen molar-refractivity contribution >= 4 is 14.6 Å². The minimum absolute atomic E-state index is 0.182. The van der Waals surface area contributed by atoms with Gasteiger partial charge < -0.3 is 14.0 Å². The molecule has 0 aromatic heterocycles. The van der Waals surface area contributed by atoms with Crippen molar-refractivity contribution in [3.63, 3.8) is 0 Å². The summed E-state index contributed by atoms with van der Waals surface area (Å²) in [5, 5.41) is 0.182. The molecule has 0 amide bonds. The average Bonchev–Trinajstić information content (AvgIpc) is 2.16. The Balaban J connectivity index is 2.82. The molecule has 1 heterocycles. The molecule has 0 aromatic rings. The second-order valence-corrected chi connectivity index (χ2v) is 11.3. The van der Waals surface area contributed by atoms with E-state index in [1.165, 1.54) is 0 Å². The highest BCUT2D eigenvalue weighted by atomic mass is 28.4. The van der Waals surface area contributed by atoms with E-state index in [1.807, 2.05) is 0 Å². The van der Waals surface area contributed by atoms with Crippen LogP contribution in [0.4, 0.5) is 0 Å². The van der Waals surface area contributed by atoms with Crippen LogP contribution in [0.25, 0.3) is 0 Å². The van der Waals surface area contributed by atoms with Crippen LogP contribution in [-0.4, -0.2) is 33.4 Å². The number of hydrogen-bond donors (Lipinski definition) is 0. The van der Waals surface area contributed by atoms with Crippen LogP contribution in [0.2, 0.25) is 18.1 Å². The summed E-state index contributed by atoms with van der Waals surface area (Å²) in [5.74, 6) is 0. The maximum atomic E-state index is 10.9. The Morgan fingerprint density at radius 1 is 1.29 bits per heavy atom. The molecular formula is C13H26O3Si. The molecule has 0 saturated carbocycles. The summed E-state index contributed by atoms with van der Waals surface area (Å²) in [6.45, 7) is 12.6. The van der Waals surface area contributed by atoms with E-state index in [1.54, 1.807) is 0 Å². The zero-order chi connectivity index (χ0) is 13.2. The predicted molar refractivity (Wildman–Crippen MR) is 71.7 cm³/mol. The van der Waals surface area contributed by atoms with Crippen molar-refractivity contribution in [2.75, 3.05) is 13.2 Å². The molecule has 0 unspecified atom stereocenters. The Morgan fingerprint density at radius 2 is 1.82 bits per heavy atom. The number of carbonyl (C=O) groups excluding carboxylic acids is 1. The highest BCUT2D eigenvalue weighted by Gasteiger charge is 2.45. The summed E-state index contributed by atoms with van der Waals surface area (Å²) in [7, 11) is -1.82. The van der Waals surface area contributed by atoms with Crippen molar-refractivity contribution in [2.24, 2.45) is 0 Å². The number of carbonyl (C=O) groups is 1. The smallest absolute Gasteiger partial charge is 0.192 e. The highest BCUT2D eigenvalue weighted by molar-refractivity contribution is 6.74. The lowest BCUT2D eigenvalue weighted by Gasteiger charge is -2.46. The summed E-state index contributed by atoms with van der Waals surface area (Å²) in [5.41, 5.74) is -0.261. The van der Waals surface area contributed by atoms with E-state index >= 15 is 0 Å². The molecule has 3 nitrogen and oxygen atoms in total. The van der Waals surface area contributed by atoms with Crippen molar-refractivity contribution in [2.45, 2.75) is 63.8 Å². The first-order valence-corrected chi connectivity index (χ1v) is 9.35. The quantitative estimate of drug-likeness (QED) is 0.574. The first kappa shape index (κ1) is 14.9. The van der Waals surface area contributed by atoms with Crippen LogP contribution in [0.15, 0.2) is 0 Å². The summed E-state index contributed by atoms with van der Waals surface area (Å²) in [6, 6.07) is 0. The third kappa shape index (κ3) is 3.63. The fraction of sp³-hybridized carbons (Fsp3) is 0.923. The highest BCUT2D eigenvalue weighted by Crippen LogP contribution is 2.42. The Morgan fingerprint density at radius 3 is 2.24 bits per heavy atom. The lowest BCUT2D eigenvalue weighted by Crippen LogP contribution is -2.52. The summed E-state index contributed by atoms with van der Waals surface area (Å²) in [4.78, 5) is 10.9. The van der Waals surface area contributed by atoms with Crippen LogP contribution < -0.4 is 0 Å². The van der Waals surface area contributed by atoms with Crippen LogP contribution >= 0.6 is 0 Å². The SMILES string of the molecule is CC(C)(C)[Si](C)(C)OC1(CC=O)CCOCC1. The molecule has 1 saturated heterocycles. The van der Waals surface area contributed by atoms with E-state index in [0.717, 1.165) is 19.1 Å². The van der Waals surface area contributed by atoms with Gasteiger partial charge in [-0.15, -0.1) is 0 Å². The molecule has 1 aliphatic heterocycles. The molecule has 0 N–H and O–H groups in total. The number of hydrogen-bond acceptors (Lipinski definition) is 3. The zero-order valence-electron chi connectivity index (χ0n) is 11.8. The van der Waals surface area contributed by atoms with Gasteiger partial charge in [0.25, 0.3) is 0 Å². The third-order valence-corrected chi connectivity index (χ3v) is 8.69. The van der Waals surface area contributed by atoms with Crippen molar-refractivity contribution in [3.05, 3.63) is 0 Å². The van der Waals surface area contributed by atoms with Gasteiger partial charge >= 0.3 is 0 Å². The molecule has 1 aliphatic rings. The molecule has 100 valence electrons. The third-order valence-electron chi connectivity index (χ3n) is 4.14. The van der Waals surface area contributed by atoms with Crippen LogP contribution in [0.5, 0.6) is 0 Å². The van der Waals surface area contributed by atoms with Gasteiger partial charge in [0.2, 0.25) is 0 Å². The van der Waals surface area contributed by atoms with Gasteiger partial charge in [-0.1, -0.05) is 20.8 Å². The van der Waals surface area contributed by atoms with Crippen molar-refractivity contribution in [1.82, 2.24) is 0 Å². The zero-order valence-corrected chi connectivity index (χ0v) is 12.8. The molecule has 0 atom stereocenters. The van der Waals surface area contributed by atoms with Gasteiger partial charge in [0, 0.05) is 19.6 Å². The van der Waals surface area contributed by atoms with E-state index in [-0.39, 0.29) is 10.6 Å². The maximum absolute atomic E-state index is 10.9.